The van der Waals surface area contributed by atoms with E-state index in [-0.39, 0.29) is 46.9 Å². The number of anilines is 1. The van der Waals surface area contributed by atoms with Crippen molar-refractivity contribution in [2.45, 2.75) is 36.9 Å². The number of piperidine rings is 1. The van der Waals surface area contributed by atoms with E-state index in [1.165, 1.54) is 46.3 Å². The summed E-state index contributed by atoms with van der Waals surface area (Å²) in [5.74, 6) is -0.916. The molecule has 2 aromatic heterocycles. The maximum Gasteiger partial charge on any atom is 0.416 e. The van der Waals surface area contributed by atoms with Gasteiger partial charge in [-0.2, -0.15) is 13.2 Å². The number of ether oxygens (including phenoxy) is 1. The van der Waals surface area contributed by atoms with Crippen LogP contribution in [0.15, 0.2) is 88.7 Å². The van der Waals surface area contributed by atoms with Gasteiger partial charge < -0.3 is 20.1 Å². The Morgan fingerprint density at radius 3 is 2.48 bits per heavy atom. The molecule has 3 heterocycles. The lowest BCUT2D eigenvalue weighted by atomic mass is 9.94. The fourth-order valence-electron chi connectivity index (χ4n) is 5.95. The quantitative estimate of drug-likeness (QED) is 0.106. The number of sulfonamides is 1. The van der Waals surface area contributed by atoms with Crippen molar-refractivity contribution in [3.8, 4) is 33.8 Å². The first-order valence-corrected chi connectivity index (χ1v) is 19.1. The molecule has 1 fully saturated rings. The van der Waals surface area contributed by atoms with E-state index in [0.29, 0.717) is 41.3 Å². The monoisotopic (exact) mass is 825 g/mol. The van der Waals surface area contributed by atoms with Crippen molar-refractivity contribution < 1.29 is 40.6 Å². The highest BCUT2D eigenvalue weighted by Crippen LogP contribution is 2.41. The van der Waals surface area contributed by atoms with Crippen LogP contribution in [0.5, 0.6) is 11.5 Å². The van der Waals surface area contributed by atoms with Gasteiger partial charge in [-0.3, -0.25) is 9.71 Å². The lowest BCUT2D eigenvalue weighted by Crippen LogP contribution is -2.34. The molecule has 0 atom stereocenters. The van der Waals surface area contributed by atoms with E-state index < -0.39 is 38.6 Å². The Balaban J connectivity index is 0.00000561. The first-order chi connectivity index (χ1) is 25.3. The molecule has 0 saturated carbocycles. The molecular formula is C36H33Cl2F4N5O5S2. The lowest BCUT2D eigenvalue weighted by Gasteiger charge is -2.26. The third kappa shape index (κ3) is 9.98. The van der Waals surface area contributed by atoms with Gasteiger partial charge in [-0.1, -0.05) is 29.8 Å². The molecule has 0 radical (unpaired) electrons. The summed E-state index contributed by atoms with van der Waals surface area (Å²) in [6, 6.07) is 14.3. The molecular weight excluding hydrogens is 793 g/mol. The number of benzene rings is 3. The summed E-state index contributed by atoms with van der Waals surface area (Å²) in [6.07, 6.45) is -1.60. The van der Waals surface area contributed by atoms with Crippen molar-refractivity contribution in [3.05, 3.63) is 106 Å². The van der Waals surface area contributed by atoms with Gasteiger partial charge in [-0.15, -0.1) is 23.7 Å². The Morgan fingerprint density at radius 2 is 1.78 bits per heavy atom. The molecule has 0 aliphatic carbocycles. The Labute approximate surface area is 323 Å². The van der Waals surface area contributed by atoms with Gasteiger partial charge in [-0.25, -0.2) is 22.6 Å². The zero-order chi connectivity index (χ0) is 37.8. The van der Waals surface area contributed by atoms with Gasteiger partial charge in [0.25, 0.3) is 10.0 Å². The van der Waals surface area contributed by atoms with E-state index in [4.69, 9.17) is 16.3 Å². The summed E-state index contributed by atoms with van der Waals surface area (Å²) in [5.41, 5.74) is 2.39. The van der Waals surface area contributed by atoms with Crippen LogP contribution in [-0.2, 0) is 22.7 Å². The maximum atomic E-state index is 15.4. The molecule has 1 aliphatic heterocycles. The average molecular weight is 827 g/mol. The zero-order valence-corrected chi connectivity index (χ0v) is 31.4. The Bertz CT molecular complexity index is 2210. The molecule has 286 valence electrons. The number of aromatic nitrogens is 2. The number of hydrogen-bond acceptors (Lipinski definition) is 8. The van der Waals surface area contributed by atoms with Crippen LogP contribution in [0.3, 0.4) is 0 Å². The summed E-state index contributed by atoms with van der Waals surface area (Å²) in [4.78, 5) is 21.0. The van der Waals surface area contributed by atoms with Gasteiger partial charge in [0.15, 0.2) is 5.82 Å². The highest BCUT2D eigenvalue weighted by atomic mass is 35.5. The lowest BCUT2D eigenvalue weighted by molar-refractivity contribution is -0.137. The first-order valence-electron chi connectivity index (χ1n) is 16.3. The van der Waals surface area contributed by atoms with Crippen molar-refractivity contribution >= 4 is 57.3 Å². The predicted octanol–water partition coefficient (Wildman–Crippen LogP) is 9.57. The number of nitrogens with zero attached hydrogens (tertiary/aromatic N) is 3. The van der Waals surface area contributed by atoms with Crippen LogP contribution in [0.4, 0.5) is 28.2 Å². The van der Waals surface area contributed by atoms with Crippen molar-refractivity contribution in [3.63, 3.8) is 0 Å². The number of pyridine rings is 1. The minimum absolute atomic E-state index is 0. The van der Waals surface area contributed by atoms with Gasteiger partial charge in [0, 0.05) is 29.8 Å². The average Bonchev–Trinajstić information content (AvgIpc) is 3.64. The van der Waals surface area contributed by atoms with Crippen LogP contribution in [0, 0.1) is 11.7 Å². The normalized spacial score (nSPS) is 13.6. The van der Waals surface area contributed by atoms with Crippen LogP contribution >= 0.6 is 35.3 Å². The Kier molecular flexibility index (Phi) is 13.1. The molecule has 1 aliphatic rings. The summed E-state index contributed by atoms with van der Waals surface area (Å²) >= 11 is 7.58. The third-order valence-electron chi connectivity index (χ3n) is 8.69. The van der Waals surface area contributed by atoms with E-state index in [1.54, 1.807) is 18.2 Å². The van der Waals surface area contributed by atoms with Crippen LogP contribution in [0.2, 0.25) is 5.02 Å². The summed E-state index contributed by atoms with van der Waals surface area (Å²) in [7, 11) is -4.42. The second kappa shape index (κ2) is 17.3. The smallest absolute Gasteiger partial charge is 0.416 e. The van der Waals surface area contributed by atoms with Crippen LogP contribution in [0.25, 0.3) is 22.3 Å². The second-order valence-corrected chi connectivity index (χ2v) is 15.1. The van der Waals surface area contributed by atoms with E-state index in [1.807, 2.05) is 0 Å². The third-order valence-corrected chi connectivity index (χ3v) is 10.9. The van der Waals surface area contributed by atoms with Gasteiger partial charge in [-0.05, 0) is 97.4 Å². The standard InChI is InChI=1S/C36H32ClF4N5O5S2.ClH/c37-29-17-33(53(49,50)45-34-20-52-21-44-34)30(38)18-32(29)51-31-5-4-24(23-2-1-3-26(14-23)36(39,40)41)16-28(31)25-8-12-43-27(15-25)19-46(35(47)48)13-9-22-6-10-42-11-7-22;/h1-5,8,12,14-18,20-22,42,45H,6-7,9-11,13,19H2,(H,47,48);1H. The minimum Gasteiger partial charge on any atom is -0.465 e. The molecule has 54 heavy (non-hydrogen) atoms. The molecule has 0 unspecified atom stereocenters. The largest absolute Gasteiger partial charge is 0.465 e. The highest BCUT2D eigenvalue weighted by molar-refractivity contribution is 7.92. The number of hydrogen-bond donors (Lipinski definition) is 3. The fraction of sp³-hybridized carbons (Fsp3) is 0.250. The van der Waals surface area contributed by atoms with Crippen molar-refractivity contribution in [2.75, 3.05) is 24.4 Å². The minimum atomic E-state index is -4.58. The first kappa shape index (κ1) is 40.7. The molecule has 1 amide bonds. The maximum absolute atomic E-state index is 15.4. The SMILES string of the molecule is Cl.O=C(O)N(CCC1CCNCC1)Cc1cc(-c2cc(-c3cccc(C(F)(F)F)c3)ccc2Oc2cc(F)c(S(=O)(=O)Nc3cscn3)cc2Cl)ccn1. The second-order valence-electron chi connectivity index (χ2n) is 12.3. The van der Waals surface area contributed by atoms with Crippen LogP contribution in [-0.4, -0.2) is 54.1 Å². The van der Waals surface area contributed by atoms with E-state index >= 15 is 4.39 Å². The number of amides is 1. The number of rotatable bonds is 12. The molecule has 3 aromatic carbocycles. The highest BCUT2D eigenvalue weighted by Gasteiger charge is 2.31. The predicted molar refractivity (Wildman–Crippen MR) is 200 cm³/mol. The molecule has 6 rings (SSSR count). The topological polar surface area (TPSA) is 134 Å². The van der Waals surface area contributed by atoms with Crippen LogP contribution in [0.1, 0.15) is 30.5 Å². The number of thiazole rings is 1. The van der Waals surface area contributed by atoms with E-state index in [9.17, 15) is 31.5 Å². The molecule has 18 heteroatoms. The zero-order valence-electron chi connectivity index (χ0n) is 28.1. The van der Waals surface area contributed by atoms with Gasteiger partial charge in [0.2, 0.25) is 0 Å². The van der Waals surface area contributed by atoms with E-state index in [2.05, 4.69) is 20.0 Å². The molecule has 0 bridgehead atoms. The van der Waals surface area contributed by atoms with Crippen molar-refractivity contribution in [1.82, 2.24) is 20.2 Å². The number of carboxylic acid groups (broad SMARTS) is 1. The van der Waals surface area contributed by atoms with Crippen molar-refractivity contribution in [1.29, 1.82) is 0 Å². The van der Waals surface area contributed by atoms with E-state index in [0.717, 1.165) is 61.5 Å². The Morgan fingerprint density at radius 1 is 1.02 bits per heavy atom. The number of carbonyl (C=O) groups is 1. The molecule has 5 aromatic rings. The van der Waals surface area contributed by atoms with Gasteiger partial charge >= 0.3 is 12.3 Å². The summed E-state index contributed by atoms with van der Waals surface area (Å²) in [6.45, 7) is 2.05. The molecule has 0 spiro atoms. The number of alkyl halides is 3. The number of nitrogens with one attached hydrogen (secondary N) is 2. The summed E-state index contributed by atoms with van der Waals surface area (Å²) < 4.78 is 90.3. The molecule has 10 nitrogen and oxygen atoms in total. The summed E-state index contributed by atoms with van der Waals surface area (Å²) in [5, 5.41) is 14.5. The number of halogens is 6. The van der Waals surface area contributed by atoms with Gasteiger partial charge in [0.1, 0.15) is 22.2 Å². The Hall–Kier alpha value is -4.48. The van der Waals surface area contributed by atoms with Crippen molar-refractivity contribution in [2.24, 2.45) is 5.92 Å². The molecule has 1 saturated heterocycles. The van der Waals surface area contributed by atoms with Crippen LogP contribution < -0.4 is 14.8 Å². The van der Waals surface area contributed by atoms with Gasteiger partial charge in [0.05, 0.1) is 28.3 Å². The molecule has 3 N–H and O–H groups in total. The fourth-order valence-corrected chi connectivity index (χ4v) is 7.86.